The van der Waals surface area contributed by atoms with Gasteiger partial charge in [0.1, 0.15) is 0 Å². The van der Waals surface area contributed by atoms with Crippen LogP contribution in [-0.2, 0) is 17.8 Å². The minimum Gasteiger partial charge on any atom is -0.350 e. The van der Waals surface area contributed by atoms with Crippen LogP contribution in [0.3, 0.4) is 0 Å². The Morgan fingerprint density at radius 1 is 1.26 bits per heavy atom. The summed E-state index contributed by atoms with van der Waals surface area (Å²) in [6.07, 6.45) is 3.28. The van der Waals surface area contributed by atoms with Gasteiger partial charge in [0.2, 0.25) is 5.91 Å². The molecular weight excluding hydrogens is 236 g/mol. The summed E-state index contributed by atoms with van der Waals surface area (Å²) in [6, 6.07) is 8.27. The smallest absolute Gasteiger partial charge is 0.237 e. The highest BCUT2D eigenvalue weighted by atomic mass is 16.2. The number of rotatable bonds is 3. The van der Waals surface area contributed by atoms with Gasteiger partial charge in [-0.15, -0.1) is 0 Å². The molecule has 1 aromatic rings. The zero-order valence-corrected chi connectivity index (χ0v) is 11.7. The van der Waals surface area contributed by atoms with Gasteiger partial charge >= 0.3 is 0 Å². The molecule has 1 amide bonds. The van der Waals surface area contributed by atoms with E-state index in [0.717, 1.165) is 13.0 Å². The Kier molecular flexibility index (Phi) is 3.09. The molecule has 1 saturated carbocycles. The maximum atomic E-state index is 12.4. The van der Waals surface area contributed by atoms with E-state index in [1.807, 2.05) is 6.07 Å². The third-order valence-electron chi connectivity index (χ3n) is 4.44. The molecule has 0 saturated heterocycles. The van der Waals surface area contributed by atoms with Gasteiger partial charge in [-0.05, 0) is 50.2 Å². The Labute approximate surface area is 114 Å². The van der Waals surface area contributed by atoms with E-state index in [4.69, 9.17) is 0 Å². The molecule has 19 heavy (non-hydrogen) atoms. The lowest BCUT2D eigenvalue weighted by molar-refractivity contribution is -0.125. The molecule has 1 aliphatic heterocycles. The van der Waals surface area contributed by atoms with E-state index in [0.29, 0.717) is 5.92 Å². The van der Waals surface area contributed by atoms with Crippen LogP contribution in [0.25, 0.3) is 0 Å². The maximum Gasteiger partial charge on any atom is 0.237 e. The molecule has 102 valence electrons. The second-order valence-corrected chi connectivity index (χ2v) is 6.39. The van der Waals surface area contributed by atoms with Crippen LogP contribution in [-0.4, -0.2) is 17.5 Å². The average Bonchev–Trinajstić information content (AvgIpc) is 3.22. The Morgan fingerprint density at radius 3 is 2.63 bits per heavy atom. The van der Waals surface area contributed by atoms with Crippen LogP contribution < -0.4 is 10.6 Å². The highest BCUT2D eigenvalue weighted by Gasteiger charge is 2.40. The molecule has 3 rings (SSSR count). The molecule has 0 radical (unpaired) electrons. The van der Waals surface area contributed by atoms with Crippen LogP contribution in [0.2, 0.25) is 0 Å². The number of benzene rings is 1. The molecular formula is C16H22N2O. The van der Waals surface area contributed by atoms with E-state index in [-0.39, 0.29) is 17.5 Å². The van der Waals surface area contributed by atoms with E-state index < -0.39 is 0 Å². The number of carbonyl (C=O) groups excluding carboxylic acids is 1. The fraction of sp³-hybridized carbons (Fsp3) is 0.562. The predicted octanol–water partition coefficient (Wildman–Crippen LogP) is 2.01. The minimum absolute atomic E-state index is 0.0598. The monoisotopic (exact) mass is 258 g/mol. The normalized spacial score (nSPS) is 22.7. The van der Waals surface area contributed by atoms with E-state index >= 15 is 0 Å². The molecule has 1 fully saturated rings. The summed E-state index contributed by atoms with van der Waals surface area (Å²) >= 11 is 0. The number of carbonyl (C=O) groups is 1. The summed E-state index contributed by atoms with van der Waals surface area (Å²) in [5.41, 5.74) is 2.55. The first kappa shape index (κ1) is 12.7. The Hall–Kier alpha value is -1.35. The summed E-state index contributed by atoms with van der Waals surface area (Å²) in [5.74, 6) is 0.804. The van der Waals surface area contributed by atoms with Crippen molar-refractivity contribution in [3.8, 4) is 0 Å². The maximum absolute atomic E-state index is 12.4. The molecule has 3 heteroatoms. The fourth-order valence-electron chi connectivity index (χ4n) is 2.95. The molecule has 0 unspecified atom stereocenters. The first-order valence-corrected chi connectivity index (χ1v) is 7.18. The second kappa shape index (κ2) is 4.64. The van der Waals surface area contributed by atoms with Crippen molar-refractivity contribution in [1.29, 1.82) is 0 Å². The van der Waals surface area contributed by atoms with Crippen LogP contribution in [0.1, 0.15) is 37.8 Å². The predicted molar refractivity (Wildman–Crippen MR) is 75.7 cm³/mol. The summed E-state index contributed by atoms with van der Waals surface area (Å²) in [6.45, 7) is 5.07. The second-order valence-electron chi connectivity index (χ2n) is 6.39. The van der Waals surface area contributed by atoms with Crippen molar-refractivity contribution in [2.45, 2.75) is 51.2 Å². The molecule has 1 aliphatic carbocycles. The number of hydrogen-bond donors (Lipinski definition) is 2. The van der Waals surface area contributed by atoms with Gasteiger partial charge in [-0.3, -0.25) is 4.79 Å². The van der Waals surface area contributed by atoms with Gasteiger partial charge in [-0.25, -0.2) is 0 Å². The van der Waals surface area contributed by atoms with Gasteiger partial charge in [-0.2, -0.15) is 0 Å². The lowest BCUT2D eigenvalue weighted by atomic mass is 9.93. The number of hydrogen-bond acceptors (Lipinski definition) is 2. The van der Waals surface area contributed by atoms with Gasteiger partial charge in [0.25, 0.3) is 0 Å². The van der Waals surface area contributed by atoms with Crippen LogP contribution in [0.4, 0.5) is 0 Å². The van der Waals surface area contributed by atoms with Crippen molar-refractivity contribution in [3.63, 3.8) is 0 Å². The number of nitrogens with one attached hydrogen (secondary N) is 2. The van der Waals surface area contributed by atoms with Crippen molar-refractivity contribution < 1.29 is 4.79 Å². The first-order valence-electron chi connectivity index (χ1n) is 7.18. The molecule has 2 aliphatic rings. The van der Waals surface area contributed by atoms with Gasteiger partial charge in [0.15, 0.2) is 0 Å². The average molecular weight is 258 g/mol. The highest BCUT2D eigenvalue weighted by Crippen LogP contribution is 2.39. The van der Waals surface area contributed by atoms with Gasteiger partial charge in [0.05, 0.1) is 6.04 Å². The third-order valence-corrected chi connectivity index (χ3v) is 4.44. The molecule has 0 bridgehead atoms. The SMILES string of the molecule is CC(C)(NC(=O)[C@@H]1Cc2ccccc2CN1)C1CC1. The Bertz CT molecular complexity index is 491. The lowest BCUT2D eigenvalue weighted by Gasteiger charge is -2.31. The fourth-order valence-corrected chi connectivity index (χ4v) is 2.95. The van der Waals surface area contributed by atoms with Gasteiger partial charge in [0, 0.05) is 12.1 Å². The quantitative estimate of drug-likeness (QED) is 0.870. The summed E-state index contributed by atoms with van der Waals surface area (Å²) < 4.78 is 0. The molecule has 2 N–H and O–H groups in total. The van der Waals surface area contributed by atoms with Crippen molar-refractivity contribution >= 4 is 5.91 Å². The van der Waals surface area contributed by atoms with E-state index in [1.54, 1.807) is 0 Å². The summed E-state index contributed by atoms with van der Waals surface area (Å²) in [5, 5.41) is 6.56. The molecule has 1 aromatic carbocycles. The number of fused-ring (bicyclic) bond motifs is 1. The van der Waals surface area contributed by atoms with Crippen LogP contribution in [0.15, 0.2) is 24.3 Å². The van der Waals surface area contributed by atoms with Crippen molar-refractivity contribution in [1.82, 2.24) is 10.6 Å². The van der Waals surface area contributed by atoms with Crippen molar-refractivity contribution in [2.75, 3.05) is 0 Å². The largest absolute Gasteiger partial charge is 0.350 e. The van der Waals surface area contributed by atoms with Crippen LogP contribution >= 0.6 is 0 Å². The van der Waals surface area contributed by atoms with Crippen LogP contribution in [0.5, 0.6) is 0 Å². The molecule has 1 atom stereocenters. The van der Waals surface area contributed by atoms with E-state index in [1.165, 1.54) is 24.0 Å². The van der Waals surface area contributed by atoms with Crippen molar-refractivity contribution in [3.05, 3.63) is 35.4 Å². The Morgan fingerprint density at radius 2 is 1.95 bits per heavy atom. The minimum atomic E-state index is -0.0899. The van der Waals surface area contributed by atoms with Gasteiger partial charge < -0.3 is 10.6 Å². The van der Waals surface area contributed by atoms with E-state index in [9.17, 15) is 4.79 Å². The van der Waals surface area contributed by atoms with Crippen LogP contribution in [0, 0.1) is 5.92 Å². The molecule has 0 aromatic heterocycles. The van der Waals surface area contributed by atoms with Crippen molar-refractivity contribution in [2.24, 2.45) is 5.92 Å². The summed E-state index contributed by atoms with van der Waals surface area (Å²) in [7, 11) is 0. The molecule has 0 spiro atoms. The lowest BCUT2D eigenvalue weighted by Crippen LogP contribution is -2.54. The first-order chi connectivity index (χ1) is 9.06. The Balaban J connectivity index is 1.66. The third kappa shape index (κ3) is 2.66. The standard InChI is InChI=1S/C16H22N2O/c1-16(2,13-7-8-13)18-15(19)14-9-11-5-3-4-6-12(11)10-17-14/h3-6,13-14,17H,7-10H2,1-2H3,(H,18,19)/t14-/m0/s1. The molecule has 3 nitrogen and oxygen atoms in total. The summed E-state index contributed by atoms with van der Waals surface area (Å²) in [4.78, 5) is 12.4. The highest BCUT2D eigenvalue weighted by molar-refractivity contribution is 5.83. The number of amides is 1. The topological polar surface area (TPSA) is 41.1 Å². The zero-order chi connectivity index (χ0) is 13.5. The zero-order valence-electron chi connectivity index (χ0n) is 11.7. The molecule has 1 heterocycles. The van der Waals surface area contributed by atoms with Gasteiger partial charge in [-0.1, -0.05) is 24.3 Å². The van der Waals surface area contributed by atoms with E-state index in [2.05, 4.69) is 42.7 Å².